The molecule has 0 aliphatic carbocycles. The van der Waals surface area contributed by atoms with Gasteiger partial charge in [-0.3, -0.25) is 0 Å². The first kappa shape index (κ1) is 11.4. The third-order valence-corrected chi connectivity index (χ3v) is 2.65. The van der Waals surface area contributed by atoms with Crippen LogP contribution in [0.25, 0.3) is 0 Å². The summed E-state index contributed by atoms with van der Waals surface area (Å²) in [5, 5.41) is 0. The monoisotopic (exact) mass is 210 g/mol. The van der Waals surface area contributed by atoms with Gasteiger partial charge in [-0.25, -0.2) is 4.98 Å². The number of aromatic amines is 1. The number of aryl methyl sites for hydroxylation is 1. The largest absolute Gasteiger partial charge is 0.347 e. The highest BCUT2D eigenvalue weighted by Crippen LogP contribution is 2.11. The molecule has 1 aromatic rings. The number of hydrogen-bond donors (Lipinski definition) is 1. The molecule has 0 radical (unpaired) electrons. The lowest BCUT2D eigenvalue weighted by Crippen LogP contribution is -2.05. The van der Waals surface area contributed by atoms with Crippen LogP contribution in [0.3, 0.4) is 0 Å². The molecule has 0 aliphatic heterocycles. The molecule has 14 heavy (non-hydrogen) atoms. The zero-order valence-electron chi connectivity index (χ0n) is 9.35. The zero-order valence-corrected chi connectivity index (χ0v) is 10.2. The Morgan fingerprint density at radius 2 is 2.07 bits per heavy atom. The molecule has 2 nitrogen and oxygen atoms in total. The van der Waals surface area contributed by atoms with Crippen molar-refractivity contribution in [1.29, 1.82) is 0 Å². The summed E-state index contributed by atoms with van der Waals surface area (Å²) >= 11 is 5.22. The summed E-state index contributed by atoms with van der Waals surface area (Å²) in [6.45, 7) is 8.55. The van der Waals surface area contributed by atoms with Crippen LogP contribution in [0, 0.1) is 17.5 Å². The summed E-state index contributed by atoms with van der Waals surface area (Å²) < 4.78 is 0.747. The number of nitrogens with zero attached hydrogens (tertiary/aromatic N) is 1. The van der Waals surface area contributed by atoms with Crippen molar-refractivity contribution >= 4 is 12.2 Å². The van der Waals surface area contributed by atoms with Crippen molar-refractivity contribution < 1.29 is 0 Å². The van der Waals surface area contributed by atoms with Crippen molar-refractivity contribution in [2.75, 3.05) is 0 Å². The molecular weight excluding hydrogens is 192 g/mol. The number of aromatic nitrogens is 2. The first-order chi connectivity index (χ1) is 6.54. The van der Waals surface area contributed by atoms with Crippen molar-refractivity contribution in [3.8, 4) is 0 Å². The van der Waals surface area contributed by atoms with Crippen LogP contribution in [0.2, 0.25) is 0 Å². The van der Waals surface area contributed by atoms with E-state index >= 15 is 0 Å². The maximum absolute atomic E-state index is 5.22. The SMILES string of the molecule is CCc1nc(=S)c(C)c(CC(C)C)[nH]1. The van der Waals surface area contributed by atoms with Gasteiger partial charge in [0.15, 0.2) is 0 Å². The van der Waals surface area contributed by atoms with Crippen LogP contribution in [0.1, 0.15) is 37.9 Å². The number of nitrogens with one attached hydrogen (secondary N) is 1. The van der Waals surface area contributed by atoms with Gasteiger partial charge in [0.05, 0.1) is 0 Å². The van der Waals surface area contributed by atoms with Gasteiger partial charge in [-0.2, -0.15) is 0 Å². The van der Waals surface area contributed by atoms with E-state index in [2.05, 4.69) is 30.7 Å². The molecule has 0 unspecified atom stereocenters. The molecule has 0 aromatic carbocycles. The molecule has 0 fully saturated rings. The van der Waals surface area contributed by atoms with Gasteiger partial charge in [0.2, 0.25) is 0 Å². The van der Waals surface area contributed by atoms with E-state index in [9.17, 15) is 0 Å². The Morgan fingerprint density at radius 1 is 1.43 bits per heavy atom. The first-order valence-electron chi connectivity index (χ1n) is 5.13. The highest BCUT2D eigenvalue weighted by Gasteiger charge is 2.05. The van der Waals surface area contributed by atoms with Gasteiger partial charge < -0.3 is 4.98 Å². The standard InChI is InChI=1S/C11H18N2S/c1-5-10-12-9(6-7(2)3)8(4)11(14)13-10/h7H,5-6H2,1-4H3,(H,12,13,14). The van der Waals surface area contributed by atoms with Crippen LogP contribution in [0.4, 0.5) is 0 Å². The van der Waals surface area contributed by atoms with Gasteiger partial charge in [0.25, 0.3) is 0 Å². The van der Waals surface area contributed by atoms with E-state index in [1.165, 1.54) is 5.69 Å². The van der Waals surface area contributed by atoms with Crippen LogP contribution in [-0.2, 0) is 12.8 Å². The molecule has 0 saturated carbocycles. The fourth-order valence-corrected chi connectivity index (χ4v) is 1.64. The van der Waals surface area contributed by atoms with Crippen LogP contribution in [0.15, 0.2) is 0 Å². The summed E-state index contributed by atoms with van der Waals surface area (Å²) in [5.74, 6) is 1.64. The first-order valence-corrected chi connectivity index (χ1v) is 5.54. The Hall–Kier alpha value is -0.700. The maximum atomic E-state index is 5.22. The minimum atomic E-state index is 0.645. The van der Waals surface area contributed by atoms with Crippen LogP contribution >= 0.6 is 12.2 Å². The molecule has 1 heterocycles. The minimum absolute atomic E-state index is 0.645. The summed E-state index contributed by atoms with van der Waals surface area (Å²) in [7, 11) is 0. The molecule has 0 atom stereocenters. The number of rotatable bonds is 3. The fraction of sp³-hybridized carbons (Fsp3) is 0.636. The van der Waals surface area contributed by atoms with Crippen LogP contribution in [-0.4, -0.2) is 9.97 Å². The molecule has 3 heteroatoms. The third kappa shape index (κ3) is 2.64. The fourth-order valence-electron chi connectivity index (χ4n) is 1.41. The quantitative estimate of drug-likeness (QED) is 0.776. The van der Waals surface area contributed by atoms with Gasteiger partial charge in [0.1, 0.15) is 10.5 Å². The highest BCUT2D eigenvalue weighted by molar-refractivity contribution is 7.71. The summed E-state index contributed by atoms with van der Waals surface area (Å²) in [5.41, 5.74) is 2.38. The predicted molar refractivity (Wildman–Crippen MR) is 62.1 cm³/mol. The van der Waals surface area contributed by atoms with Crippen molar-refractivity contribution in [2.45, 2.75) is 40.5 Å². The molecule has 0 amide bonds. The van der Waals surface area contributed by atoms with Gasteiger partial charge in [-0.15, -0.1) is 0 Å². The average Bonchev–Trinajstić information content (AvgIpc) is 2.11. The minimum Gasteiger partial charge on any atom is -0.347 e. The van der Waals surface area contributed by atoms with Crippen LogP contribution in [0.5, 0.6) is 0 Å². The average molecular weight is 210 g/mol. The van der Waals surface area contributed by atoms with Gasteiger partial charge in [-0.1, -0.05) is 33.0 Å². The van der Waals surface area contributed by atoms with Gasteiger partial charge >= 0.3 is 0 Å². The Kier molecular flexibility index (Phi) is 3.81. The lowest BCUT2D eigenvalue weighted by Gasteiger charge is -2.10. The summed E-state index contributed by atoms with van der Waals surface area (Å²) in [4.78, 5) is 7.68. The van der Waals surface area contributed by atoms with E-state index in [4.69, 9.17) is 12.2 Å². The number of hydrogen-bond acceptors (Lipinski definition) is 2. The lowest BCUT2D eigenvalue weighted by molar-refractivity contribution is 0.626. The Bertz CT molecular complexity index is 366. The molecule has 1 N–H and O–H groups in total. The van der Waals surface area contributed by atoms with E-state index in [1.807, 2.05) is 6.92 Å². The molecule has 0 aliphatic rings. The Labute approximate surface area is 90.8 Å². The van der Waals surface area contributed by atoms with Crippen molar-refractivity contribution in [2.24, 2.45) is 5.92 Å². The highest BCUT2D eigenvalue weighted by atomic mass is 32.1. The normalized spacial score (nSPS) is 10.9. The summed E-state index contributed by atoms with van der Waals surface area (Å²) in [6.07, 6.45) is 1.96. The van der Waals surface area contributed by atoms with E-state index in [-0.39, 0.29) is 0 Å². The van der Waals surface area contributed by atoms with Gasteiger partial charge in [-0.05, 0) is 19.3 Å². The second-order valence-corrected chi connectivity index (χ2v) is 4.43. The second-order valence-electron chi connectivity index (χ2n) is 4.04. The van der Waals surface area contributed by atoms with E-state index in [0.29, 0.717) is 5.92 Å². The van der Waals surface area contributed by atoms with E-state index in [1.54, 1.807) is 0 Å². The Morgan fingerprint density at radius 3 is 2.57 bits per heavy atom. The van der Waals surface area contributed by atoms with E-state index < -0.39 is 0 Å². The van der Waals surface area contributed by atoms with Crippen LogP contribution < -0.4 is 0 Å². The van der Waals surface area contributed by atoms with Crippen molar-refractivity contribution in [3.63, 3.8) is 0 Å². The zero-order chi connectivity index (χ0) is 10.7. The topological polar surface area (TPSA) is 28.7 Å². The smallest absolute Gasteiger partial charge is 0.132 e. The molecule has 0 bridgehead atoms. The number of H-pyrrole nitrogens is 1. The Balaban J connectivity index is 3.14. The second kappa shape index (κ2) is 4.69. The molecular formula is C11H18N2S. The molecule has 0 saturated heterocycles. The lowest BCUT2D eigenvalue weighted by atomic mass is 10.1. The predicted octanol–water partition coefficient (Wildman–Crippen LogP) is 3.21. The maximum Gasteiger partial charge on any atom is 0.132 e. The molecule has 0 spiro atoms. The molecule has 1 rings (SSSR count). The van der Waals surface area contributed by atoms with Crippen molar-refractivity contribution in [1.82, 2.24) is 9.97 Å². The van der Waals surface area contributed by atoms with E-state index in [0.717, 1.165) is 28.9 Å². The van der Waals surface area contributed by atoms with Gasteiger partial charge in [0, 0.05) is 17.7 Å². The van der Waals surface area contributed by atoms with Crippen molar-refractivity contribution in [3.05, 3.63) is 21.7 Å². The third-order valence-electron chi connectivity index (χ3n) is 2.25. The summed E-state index contributed by atoms with van der Waals surface area (Å²) in [6, 6.07) is 0. The molecule has 78 valence electrons. The molecule has 1 aromatic heterocycles.